The molecule has 1 amide bonds. The lowest BCUT2D eigenvalue weighted by atomic mass is 10.0. The fourth-order valence-electron chi connectivity index (χ4n) is 2.67. The SMILES string of the molecule is COC(=O)C[C@@H](NC(=O)C1CCCC1)c1ccccc1. The minimum Gasteiger partial charge on any atom is -0.469 e. The van der Waals surface area contributed by atoms with E-state index in [1.807, 2.05) is 30.3 Å². The molecule has 1 fully saturated rings. The Hall–Kier alpha value is -1.84. The number of hydrogen-bond donors (Lipinski definition) is 1. The van der Waals surface area contributed by atoms with Crippen LogP contribution in [-0.4, -0.2) is 19.0 Å². The molecule has 0 radical (unpaired) electrons. The van der Waals surface area contributed by atoms with E-state index in [0.29, 0.717) is 0 Å². The number of esters is 1. The number of hydrogen-bond acceptors (Lipinski definition) is 3. The zero-order chi connectivity index (χ0) is 14.4. The maximum absolute atomic E-state index is 12.2. The molecule has 1 N–H and O–H groups in total. The van der Waals surface area contributed by atoms with Gasteiger partial charge in [-0.25, -0.2) is 0 Å². The van der Waals surface area contributed by atoms with Crippen molar-refractivity contribution in [1.82, 2.24) is 5.32 Å². The molecule has 4 nitrogen and oxygen atoms in total. The molecule has 0 bridgehead atoms. The fraction of sp³-hybridized carbons (Fsp3) is 0.500. The van der Waals surface area contributed by atoms with Crippen molar-refractivity contribution >= 4 is 11.9 Å². The Morgan fingerprint density at radius 2 is 1.90 bits per heavy atom. The molecule has 0 unspecified atom stereocenters. The molecule has 2 rings (SSSR count). The van der Waals surface area contributed by atoms with E-state index in [9.17, 15) is 9.59 Å². The van der Waals surface area contributed by atoms with E-state index < -0.39 is 0 Å². The predicted octanol–water partition coefficient (Wildman–Crippen LogP) is 2.60. The molecule has 1 aromatic carbocycles. The molecular weight excluding hydrogens is 254 g/mol. The van der Waals surface area contributed by atoms with Crippen molar-refractivity contribution in [2.45, 2.75) is 38.1 Å². The Kier molecular flexibility index (Phi) is 5.16. The van der Waals surface area contributed by atoms with Crippen LogP contribution in [0.3, 0.4) is 0 Å². The second kappa shape index (κ2) is 7.08. The average Bonchev–Trinajstić information content (AvgIpc) is 3.01. The number of carbonyl (C=O) groups excluding carboxylic acids is 2. The van der Waals surface area contributed by atoms with Crippen LogP contribution in [0.5, 0.6) is 0 Å². The summed E-state index contributed by atoms with van der Waals surface area (Å²) in [5, 5.41) is 3.00. The van der Waals surface area contributed by atoms with E-state index in [0.717, 1.165) is 31.2 Å². The third-order valence-corrected chi connectivity index (χ3v) is 3.84. The van der Waals surface area contributed by atoms with Gasteiger partial charge in [-0.1, -0.05) is 43.2 Å². The Bertz CT molecular complexity index is 452. The number of rotatable bonds is 5. The normalized spacial score (nSPS) is 16.6. The summed E-state index contributed by atoms with van der Waals surface area (Å²) < 4.78 is 4.72. The summed E-state index contributed by atoms with van der Waals surface area (Å²) in [6, 6.07) is 9.25. The van der Waals surface area contributed by atoms with Gasteiger partial charge in [0, 0.05) is 5.92 Å². The lowest BCUT2D eigenvalue weighted by molar-refractivity contribution is -0.141. The van der Waals surface area contributed by atoms with Gasteiger partial charge in [0.1, 0.15) is 0 Å². The predicted molar refractivity (Wildman–Crippen MR) is 75.9 cm³/mol. The highest BCUT2D eigenvalue weighted by atomic mass is 16.5. The van der Waals surface area contributed by atoms with Crippen LogP contribution in [0.15, 0.2) is 30.3 Å². The van der Waals surface area contributed by atoms with Gasteiger partial charge in [-0.15, -0.1) is 0 Å². The molecule has 0 aliphatic heterocycles. The summed E-state index contributed by atoms with van der Waals surface area (Å²) in [5.74, 6) is -0.162. The first kappa shape index (κ1) is 14.6. The third-order valence-electron chi connectivity index (χ3n) is 3.84. The topological polar surface area (TPSA) is 55.4 Å². The average molecular weight is 275 g/mol. The van der Waals surface area contributed by atoms with Crippen molar-refractivity contribution in [2.75, 3.05) is 7.11 Å². The Morgan fingerprint density at radius 1 is 1.25 bits per heavy atom. The van der Waals surface area contributed by atoms with E-state index in [-0.39, 0.29) is 30.3 Å². The van der Waals surface area contributed by atoms with Gasteiger partial charge in [0.25, 0.3) is 0 Å². The zero-order valence-corrected chi connectivity index (χ0v) is 11.8. The summed E-state index contributed by atoms with van der Waals surface area (Å²) >= 11 is 0. The molecule has 20 heavy (non-hydrogen) atoms. The maximum Gasteiger partial charge on any atom is 0.307 e. The summed E-state index contributed by atoms with van der Waals surface area (Å²) in [5.41, 5.74) is 0.934. The quantitative estimate of drug-likeness (QED) is 0.840. The van der Waals surface area contributed by atoms with Crippen molar-refractivity contribution in [3.8, 4) is 0 Å². The van der Waals surface area contributed by atoms with Crippen molar-refractivity contribution < 1.29 is 14.3 Å². The first-order chi connectivity index (χ1) is 9.70. The number of carbonyl (C=O) groups is 2. The molecular formula is C16H21NO3. The van der Waals surface area contributed by atoms with Crippen molar-refractivity contribution in [1.29, 1.82) is 0 Å². The lowest BCUT2D eigenvalue weighted by Crippen LogP contribution is -2.34. The first-order valence-corrected chi connectivity index (χ1v) is 7.13. The van der Waals surface area contributed by atoms with Crippen molar-refractivity contribution in [3.05, 3.63) is 35.9 Å². The molecule has 1 aromatic rings. The summed E-state index contributed by atoms with van der Waals surface area (Å²) in [7, 11) is 1.36. The van der Waals surface area contributed by atoms with Gasteiger partial charge in [0.05, 0.1) is 19.6 Å². The molecule has 1 saturated carbocycles. The summed E-state index contributed by atoms with van der Waals surface area (Å²) in [6.07, 6.45) is 4.30. The molecule has 1 atom stereocenters. The molecule has 4 heteroatoms. The molecule has 0 aromatic heterocycles. The lowest BCUT2D eigenvalue weighted by Gasteiger charge is -2.20. The minimum atomic E-state index is -0.314. The summed E-state index contributed by atoms with van der Waals surface area (Å²) in [4.78, 5) is 23.8. The van der Waals surface area contributed by atoms with Crippen LogP contribution in [0.1, 0.15) is 43.7 Å². The standard InChI is InChI=1S/C16H21NO3/c1-20-15(18)11-14(12-7-3-2-4-8-12)17-16(19)13-9-5-6-10-13/h2-4,7-8,13-14H,5-6,9-11H2,1H3,(H,17,19)/t14-/m1/s1. The van der Waals surface area contributed by atoms with Gasteiger partial charge < -0.3 is 10.1 Å². The fourth-order valence-corrected chi connectivity index (χ4v) is 2.67. The van der Waals surface area contributed by atoms with Crippen LogP contribution >= 0.6 is 0 Å². The Morgan fingerprint density at radius 3 is 2.50 bits per heavy atom. The number of benzene rings is 1. The van der Waals surface area contributed by atoms with Gasteiger partial charge in [-0.05, 0) is 18.4 Å². The van der Waals surface area contributed by atoms with Crippen LogP contribution in [0.2, 0.25) is 0 Å². The van der Waals surface area contributed by atoms with Crippen LogP contribution < -0.4 is 5.32 Å². The van der Waals surface area contributed by atoms with Crippen molar-refractivity contribution in [2.24, 2.45) is 5.92 Å². The van der Waals surface area contributed by atoms with Gasteiger partial charge in [-0.2, -0.15) is 0 Å². The highest BCUT2D eigenvalue weighted by Crippen LogP contribution is 2.26. The van der Waals surface area contributed by atoms with E-state index in [1.54, 1.807) is 0 Å². The second-order valence-electron chi connectivity index (χ2n) is 5.23. The monoisotopic (exact) mass is 275 g/mol. The van der Waals surface area contributed by atoms with Gasteiger partial charge in [0.15, 0.2) is 0 Å². The van der Waals surface area contributed by atoms with Crippen molar-refractivity contribution in [3.63, 3.8) is 0 Å². The molecule has 108 valence electrons. The molecule has 1 aliphatic carbocycles. The van der Waals surface area contributed by atoms with E-state index >= 15 is 0 Å². The molecule has 0 heterocycles. The maximum atomic E-state index is 12.2. The number of amides is 1. The Labute approximate surface area is 119 Å². The van der Waals surface area contributed by atoms with E-state index in [1.165, 1.54) is 7.11 Å². The first-order valence-electron chi connectivity index (χ1n) is 7.13. The number of nitrogens with one attached hydrogen (secondary N) is 1. The van der Waals surface area contributed by atoms with Crippen LogP contribution in [0.4, 0.5) is 0 Å². The van der Waals surface area contributed by atoms with Gasteiger partial charge >= 0.3 is 5.97 Å². The molecule has 0 saturated heterocycles. The van der Waals surface area contributed by atoms with Gasteiger partial charge in [0.2, 0.25) is 5.91 Å². The number of methoxy groups -OCH3 is 1. The molecule has 1 aliphatic rings. The van der Waals surface area contributed by atoms with E-state index in [2.05, 4.69) is 5.32 Å². The highest BCUT2D eigenvalue weighted by Gasteiger charge is 2.26. The van der Waals surface area contributed by atoms with Crippen LogP contribution in [0.25, 0.3) is 0 Å². The smallest absolute Gasteiger partial charge is 0.307 e. The largest absolute Gasteiger partial charge is 0.469 e. The molecule has 0 spiro atoms. The number of ether oxygens (including phenoxy) is 1. The van der Waals surface area contributed by atoms with Crippen LogP contribution in [0, 0.1) is 5.92 Å². The second-order valence-corrected chi connectivity index (χ2v) is 5.23. The summed E-state index contributed by atoms with van der Waals surface area (Å²) in [6.45, 7) is 0. The van der Waals surface area contributed by atoms with Gasteiger partial charge in [-0.3, -0.25) is 9.59 Å². The van der Waals surface area contributed by atoms with E-state index in [4.69, 9.17) is 4.74 Å². The zero-order valence-electron chi connectivity index (χ0n) is 11.8. The minimum absolute atomic E-state index is 0.0558. The van der Waals surface area contributed by atoms with Crippen LogP contribution in [-0.2, 0) is 14.3 Å². The Balaban J connectivity index is 2.06. The third kappa shape index (κ3) is 3.83. The highest BCUT2D eigenvalue weighted by molar-refractivity contribution is 5.80.